The Morgan fingerprint density at radius 1 is 1.38 bits per heavy atom. The number of halogens is 1. The number of carboxylic acid groups (broad SMARTS) is 1. The van der Waals surface area contributed by atoms with Gasteiger partial charge in [0, 0.05) is 16.4 Å². The highest BCUT2D eigenvalue weighted by Crippen LogP contribution is 2.26. The van der Waals surface area contributed by atoms with E-state index in [1.165, 1.54) is 0 Å². The molecule has 112 valence electrons. The van der Waals surface area contributed by atoms with Crippen LogP contribution in [0.3, 0.4) is 0 Å². The molecule has 7 heteroatoms. The van der Waals surface area contributed by atoms with E-state index in [0.717, 1.165) is 15.4 Å². The summed E-state index contributed by atoms with van der Waals surface area (Å²) in [5.41, 5.74) is 1.61. The van der Waals surface area contributed by atoms with Crippen LogP contribution in [0.2, 0.25) is 0 Å². The third-order valence-electron chi connectivity index (χ3n) is 2.75. The summed E-state index contributed by atoms with van der Waals surface area (Å²) in [6, 6.07) is 5.45. The first kappa shape index (κ1) is 15.5. The van der Waals surface area contributed by atoms with Crippen molar-refractivity contribution in [3.8, 4) is 0 Å². The van der Waals surface area contributed by atoms with E-state index in [-0.39, 0.29) is 31.4 Å². The van der Waals surface area contributed by atoms with E-state index in [0.29, 0.717) is 5.58 Å². The number of benzene rings is 1. The third-order valence-corrected chi connectivity index (χ3v) is 3.21. The van der Waals surface area contributed by atoms with Gasteiger partial charge in [0.15, 0.2) is 5.76 Å². The standard InChI is InChI=1S/C14H14BrNO5/c1-8-4-10(15)5-9-6-11(21-13(8)9)14(19)16-2-3-20-7-12(17)18/h4-6H,2-3,7H2,1H3,(H,16,19)(H,17,18). The van der Waals surface area contributed by atoms with Crippen LogP contribution in [0.1, 0.15) is 16.1 Å². The summed E-state index contributed by atoms with van der Waals surface area (Å²) in [6.45, 7) is 1.86. The first-order valence-corrected chi connectivity index (χ1v) is 7.04. The van der Waals surface area contributed by atoms with Crippen LogP contribution in [0.15, 0.2) is 27.1 Å². The summed E-state index contributed by atoms with van der Waals surface area (Å²) in [6.07, 6.45) is 0. The van der Waals surface area contributed by atoms with Gasteiger partial charge in [0.05, 0.1) is 6.61 Å². The molecule has 21 heavy (non-hydrogen) atoms. The Labute approximate surface area is 129 Å². The van der Waals surface area contributed by atoms with Gasteiger partial charge in [0.25, 0.3) is 5.91 Å². The van der Waals surface area contributed by atoms with Crippen molar-refractivity contribution >= 4 is 38.8 Å². The van der Waals surface area contributed by atoms with Crippen LogP contribution in [0.4, 0.5) is 0 Å². The third kappa shape index (κ3) is 4.05. The number of ether oxygens (including phenoxy) is 1. The number of hydrogen-bond donors (Lipinski definition) is 2. The molecule has 1 aromatic carbocycles. The fourth-order valence-electron chi connectivity index (χ4n) is 1.88. The van der Waals surface area contributed by atoms with Crippen molar-refractivity contribution in [2.24, 2.45) is 0 Å². The van der Waals surface area contributed by atoms with E-state index < -0.39 is 5.97 Å². The van der Waals surface area contributed by atoms with Gasteiger partial charge in [0.1, 0.15) is 12.2 Å². The van der Waals surface area contributed by atoms with E-state index in [9.17, 15) is 9.59 Å². The van der Waals surface area contributed by atoms with Gasteiger partial charge in [-0.05, 0) is 30.7 Å². The van der Waals surface area contributed by atoms with Crippen LogP contribution in [0.5, 0.6) is 0 Å². The van der Waals surface area contributed by atoms with Gasteiger partial charge in [-0.25, -0.2) is 4.79 Å². The lowest BCUT2D eigenvalue weighted by Crippen LogP contribution is -2.27. The summed E-state index contributed by atoms with van der Waals surface area (Å²) in [5, 5.41) is 11.8. The second-order valence-electron chi connectivity index (χ2n) is 4.45. The number of furan rings is 1. The minimum atomic E-state index is -1.04. The molecule has 0 aliphatic rings. The maximum Gasteiger partial charge on any atom is 0.329 e. The van der Waals surface area contributed by atoms with Crippen LogP contribution in [0, 0.1) is 6.92 Å². The van der Waals surface area contributed by atoms with Crippen molar-refractivity contribution in [2.75, 3.05) is 19.8 Å². The van der Waals surface area contributed by atoms with Gasteiger partial charge in [-0.1, -0.05) is 15.9 Å². The monoisotopic (exact) mass is 355 g/mol. The molecule has 0 saturated heterocycles. The van der Waals surface area contributed by atoms with Crippen LogP contribution >= 0.6 is 15.9 Å². The number of carbonyl (C=O) groups is 2. The number of nitrogens with one attached hydrogen (secondary N) is 1. The second kappa shape index (κ2) is 6.73. The summed E-state index contributed by atoms with van der Waals surface area (Å²) in [7, 11) is 0. The zero-order chi connectivity index (χ0) is 15.4. The average molecular weight is 356 g/mol. The predicted octanol–water partition coefficient (Wildman–Crippen LogP) is 2.33. The molecule has 0 atom stereocenters. The van der Waals surface area contributed by atoms with E-state index in [1.54, 1.807) is 6.07 Å². The minimum Gasteiger partial charge on any atom is -0.480 e. The Morgan fingerprint density at radius 3 is 2.86 bits per heavy atom. The Balaban J connectivity index is 1.97. The average Bonchev–Trinajstić information content (AvgIpc) is 2.82. The van der Waals surface area contributed by atoms with E-state index >= 15 is 0 Å². The van der Waals surface area contributed by atoms with Crippen LogP contribution in [0.25, 0.3) is 11.0 Å². The van der Waals surface area contributed by atoms with Gasteiger partial charge >= 0.3 is 5.97 Å². The van der Waals surface area contributed by atoms with Crippen molar-refractivity contribution in [1.29, 1.82) is 0 Å². The fourth-order valence-corrected chi connectivity index (χ4v) is 2.47. The molecule has 1 amide bonds. The lowest BCUT2D eigenvalue weighted by atomic mass is 10.2. The molecule has 2 rings (SSSR count). The summed E-state index contributed by atoms with van der Waals surface area (Å²) < 4.78 is 11.3. The van der Waals surface area contributed by atoms with Crippen LogP contribution in [-0.2, 0) is 9.53 Å². The molecule has 0 fully saturated rings. The maximum absolute atomic E-state index is 11.9. The molecule has 0 saturated carbocycles. The SMILES string of the molecule is Cc1cc(Br)cc2cc(C(=O)NCCOCC(=O)O)oc12. The van der Waals surface area contributed by atoms with E-state index in [2.05, 4.69) is 21.2 Å². The second-order valence-corrected chi connectivity index (χ2v) is 5.37. The van der Waals surface area contributed by atoms with E-state index in [1.807, 2.05) is 19.1 Å². The smallest absolute Gasteiger partial charge is 0.329 e. The van der Waals surface area contributed by atoms with Crippen molar-refractivity contribution in [2.45, 2.75) is 6.92 Å². The van der Waals surface area contributed by atoms with Crippen LogP contribution in [-0.4, -0.2) is 36.7 Å². The Hall–Kier alpha value is -1.86. The minimum absolute atomic E-state index is 0.128. The molecular formula is C14H14BrNO5. The zero-order valence-corrected chi connectivity index (χ0v) is 12.9. The largest absolute Gasteiger partial charge is 0.480 e. The highest BCUT2D eigenvalue weighted by Gasteiger charge is 2.13. The van der Waals surface area contributed by atoms with Gasteiger partial charge in [-0.3, -0.25) is 4.79 Å². The zero-order valence-electron chi connectivity index (χ0n) is 11.3. The first-order valence-electron chi connectivity index (χ1n) is 6.25. The summed E-state index contributed by atoms with van der Waals surface area (Å²) >= 11 is 3.39. The highest BCUT2D eigenvalue weighted by molar-refractivity contribution is 9.10. The van der Waals surface area contributed by atoms with Gasteiger partial charge in [-0.15, -0.1) is 0 Å². The molecule has 1 heterocycles. The molecule has 2 aromatic rings. The number of amides is 1. The van der Waals surface area contributed by atoms with Gasteiger partial charge in [0.2, 0.25) is 0 Å². The summed E-state index contributed by atoms with van der Waals surface area (Å²) in [4.78, 5) is 22.2. The van der Waals surface area contributed by atoms with Gasteiger partial charge < -0.3 is 19.6 Å². The molecule has 0 spiro atoms. The normalized spacial score (nSPS) is 10.8. The number of aliphatic carboxylic acids is 1. The molecule has 0 bridgehead atoms. The quantitative estimate of drug-likeness (QED) is 0.776. The van der Waals surface area contributed by atoms with E-state index in [4.69, 9.17) is 14.3 Å². The lowest BCUT2D eigenvalue weighted by Gasteiger charge is -2.02. The Bertz CT molecular complexity index is 679. The topological polar surface area (TPSA) is 88.8 Å². The van der Waals surface area contributed by atoms with Crippen molar-refractivity contribution in [3.63, 3.8) is 0 Å². The van der Waals surface area contributed by atoms with Crippen molar-refractivity contribution in [3.05, 3.63) is 34.0 Å². The Morgan fingerprint density at radius 2 is 2.14 bits per heavy atom. The highest BCUT2D eigenvalue weighted by atomic mass is 79.9. The molecule has 1 aromatic heterocycles. The number of fused-ring (bicyclic) bond motifs is 1. The van der Waals surface area contributed by atoms with Crippen molar-refractivity contribution < 1.29 is 23.8 Å². The molecule has 0 aliphatic heterocycles. The Kier molecular flexibility index (Phi) is 4.98. The maximum atomic E-state index is 11.9. The first-order chi connectivity index (χ1) is 9.97. The van der Waals surface area contributed by atoms with Crippen molar-refractivity contribution in [1.82, 2.24) is 5.32 Å². The number of aryl methyl sites for hydroxylation is 1. The van der Waals surface area contributed by atoms with Gasteiger partial charge in [-0.2, -0.15) is 0 Å². The number of rotatable bonds is 6. The predicted molar refractivity (Wildman–Crippen MR) is 79.4 cm³/mol. The molecule has 0 unspecified atom stereocenters. The molecule has 6 nitrogen and oxygen atoms in total. The molecule has 0 aliphatic carbocycles. The summed E-state index contributed by atoms with van der Waals surface area (Å²) in [5.74, 6) is -1.19. The lowest BCUT2D eigenvalue weighted by molar-refractivity contribution is -0.142. The molecule has 2 N–H and O–H groups in total. The fraction of sp³-hybridized carbons (Fsp3) is 0.286. The number of carbonyl (C=O) groups excluding carboxylic acids is 1. The van der Waals surface area contributed by atoms with Crippen LogP contribution < -0.4 is 5.32 Å². The number of carboxylic acids is 1. The molecule has 0 radical (unpaired) electrons. The number of hydrogen-bond acceptors (Lipinski definition) is 4. The molecular weight excluding hydrogens is 342 g/mol.